The first-order valence-corrected chi connectivity index (χ1v) is 13.1. The first-order valence-electron chi connectivity index (χ1n) is 11.7. The summed E-state index contributed by atoms with van der Waals surface area (Å²) < 4.78 is 14.0. The van der Waals surface area contributed by atoms with Gasteiger partial charge in [-0.1, -0.05) is 23.4 Å². The predicted octanol–water partition coefficient (Wildman–Crippen LogP) is 5.71. The minimum Gasteiger partial charge on any atom is -0.344 e. The number of anilines is 1. The first kappa shape index (κ1) is 20.3. The van der Waals surface area contributed by atoms with Crippen molar-refractivity contribution in [2.24, 2.45) is 22.7 Å². The fourth-order valence-corrected chi connectivity index (χ4v) is 8.45. The van der Waals surface area contributed by atoms with Crippen LogP contribution in [0.3, 0.4) is 0 Å². The molecule has 0 radical (unpaired) electrons. The number of rotatable bonds is 5. The van der Waals surface area contributed by atoms with Gasteiger partial charge in [0.25, 0.3) is 0 Å². The second-order valence-electron chi connectivity index (χ2n) is 10.5. The van der Waals surface area contributed by atoms with Gasteiger partial charge in [-0.25, -0.2) is 4.39 Å². The number of halogens is 2. The molecule has 1 saturated heterocycles. The van der Waals surface area contributed by atoms with Crippen LogP contribution in [0, 0.1) is 23.6 Å². The molecule has 6 aliphatic rings. The number of carbonyl (C=O) groups is 1. The molecule has 1 aromatic rings. The molecule has 6 fully saturated rings. The SMILES string of the molecule is O=C(CC1CSC(=NC23CC4CC(CC(C4)C2)C3)N1C1CC1)Nc1cc(Cl)ccc1F. The maximum absolute atomic E-state index is 14.0. The summed E-state index contributed by atoms with van der Waals surface area (Å²) in [6, 6.07) is 4.89. The zero-order valence-corrected chi connectivity index (χ0v) is 19.2. The van der Waals surface area contributed by atoms with Gasteiger partial charge < -0.3 is 10.2 Å². The van der Waals surface area contributed by atoms with E-state index in [4.69, 9.17) is 16.6 Å². The Labute approximate surface area is 192 Å². The molecule has 7 heteroatoms. The van der Waals surface area contributed by atoms with E-state index in [0.717, 1.165) is 23.5 Å². The second kappa shape index (κ2) is 7.65. The molecule has 4 nitrogen and oxygen atoms in total. The number of nitrogens with one attached hydrogen (secondary N) is 1. The summed E-state index contributed by atoms with van der Waals surface area (Å²) in [5.74, 6) is 2.91. The van der Waals surface area contributed by atoms with Gasteiger partial charge in [-0.2, -0.15) is 0 Å². The maximum atomic E-state index is 14.0. The molecule has 166 valence electrons. The Morgan fingerprint density at radius 2 is 1.87 bits per heavy atom. The third-order valence-electron chi connectivity index (χ3n) is 7.92. The monoisotopic (exact) mass is 461 g/mol. The molecule has 31 heavy (non-hydrogen) atoms. The fraction of sp³-hybridized carbons (Fsp3) is 0.667. The van der Waals surface area contributed by atoms with E-state index in [0.29, 0.717) is 17.5 Å². The number of hydrogen-bond donors (Lipinski definition) is 1. The molecule has 4 bridgehead atoms. The van der Waals surface area contributed by atoms with Crippen molar-refractivity contribution in [3.63, 3.8) is 0 Å². The van der Waals surface area contributed by atoms with Crippen molar-refractivity contribution in [2.75, 3.05) is 11.1 Å². The second-order valence-corrected chi connectivity index (χ2v) is 11.9. The fourth-order valence-electron chi connectivity index (χ4n) is 6.95. The largest absolute Gasteiger partial charge is 0.344 e. The summed E-state index contributed by atoms with van der Waals surface area (Å²) in [4.78, 5) is 20.7. The molecule has 0 spiro atoms. The summed E-state index contributed by atoms with van der Waals surface area (Å²) in [7, 11) is 0. The Morgan fingerprint density at radius 3 is 2.52 bits per heavy atom. The summed E-state index contributed by atoms with van der Waals surface area (Å²) in [6.45, 7) is 0. The van der Waals surface area contributed by atoms with Crippen LogP contribution in [0.4, 0.5) is 10.1 Å². The summed E-state index contributed by atoms with van der Waals surface area (Å²) in [5, 5.41) is 4.32. The Kier molecular flexibility index (Phi) is 5.02. The van der Waals surface area contributed by atoms with Crippen LogP contribution in [-0.2, 0) is 4.79 Å². The molecular weight excluding hydrogens is 433 g/mol. The molecular formula is C24H29ClFN3OS. The van der Waals surface area contributed by atoms with Gasteiger partial charge in [0, 0.05) is 29.3 Å². The molecule has 5 aliphatic carbocycles. The van der Waals surface area contributed by atoms with Crippen LogP contribution < -0.4 is 5.32 Å². The molecule has 1 aliphatic heterocycles. The molecule has 1 N–H and O–H groups in total. The highest BCUT2D eigenvalue weighted by Crippen LogP contribution is 2.57. The highest BCUT2D eigenvalue weighted by atomic mass is 35.5. The topological polar surface area (TPSA) is 44.7 Å². The number of hydrogen-bond acceptors (Lipinski definition) is 3. The lowest BCUT2D eigenvalue weighted by Crippen LogP contribution is -2.50. The van der Waals surface area contributed by atoms with Crippen molar-refractivity contribution in [2.45, 2.75) is 75.4 Å². The predicted molar refractivity (Wildman–Crippen MR) is 124 cm³/mol. The smallest absolute Gasteiger partial charge is 0.226 e. The van der Waals surface area contributed by atoms with Crippen LogP contribution in [0.5, 0.6) is 0 Å². The zero-order chi connectivity index (χ0) is 21.2. The Bertz CT molecular complexity index is 898. The van der Waals surface area contributed by atoms with E-state index in [1.165, 1.54) is 74.7 Å². The van der Waals surface area contributed by atoms with Gasteiger partial charge in [-0.15, -0.1) is 0 Å². The number of amidine groups is 1. The average molecular weight is 462 g/mol. The average Bonchev–Trinajstić information content (AvgIpc) is 3.46. The van der Waals surface area contributed by atoms with Crippen LogP contribution in [0.25, 0.3) is 0 Å². The Morgan fingerprint density at radius 1 is 1.19 bits per heavy atom. The van der Waals surface area contributed by atoms with E-state index in [9.17, 15) is 9.18 Å². The van der Waals surface area contributed by atoms with Gasteiger partial charge in [0.15, 0.2) is 5.17 Å². The van der Waals surface area contributed by atoms with Gasteiger partial charge in [-0.3, -0.25) is 9.79 Å². The van der Waals surface area contributed by atoms with Gasteiger partial charge in [-0.05, 0) is 87.3 Å². The maximum Gasteiger partial charge on any atom is 0.226 e. The zero-order valence-electron chi connectivity index (χ0n) is 17.7. The van der Waals surface area contributed by atoms with Crippen molar-refractivity contribution < 1.29 is 9.18 Å². The highest BCUT2D eigenvalue weighted by Gasteiger charge is 2.52. The molecule has 1 unspecified atom stereocenters. The lowest BCUT2D eigenvalue weighted by Gasteiger charge is -2.55. The van der Waals surface area contributed by atoms with E-state index >= 15 is 0 Å². The van der Waals surface area contributed by atoms with Crippen LogP contribution in [0.2, 0.25) is 5.02 Å². The summed E-state index contributed by atoms with van der Waals surface area (Å²) in [6.07, 6.45) is 10.8. The van der Waals surface area contributed by atoms with E-state index in [1.54, 1.807) is 0 Å². The quantitative estimate of drug-likeness (QED) is 0.610. The normalized spacial score (nSPS) is 37.6. The summed E-state index contributed by atoms with van der Waals surface area (Å²) in [5.41, 5.74) is 0.314. The van der Waals surface area contributed by atoms with Crippen LogP contribution in [0.15, 0.2) is 23.2 Å². The Balaban J connectivity index is 1.18. The van der Waals surface area contributed by atoms with Crippen molar-refractivity contribution in [3.8, 4) is 0 Å². The number of carbonyl (C=O) groups excluding carboxylic acids is 1. The van der Waals surface area contributed by atoms with Crippen molar-refractivity contribution in [3.05, 3.63) is 29.0 Å². The molecule has 7 rings (SSSR count). The van der Waals surface area contributed by atoms with E-state index in [1.807, 2.05) is 11.8 Å². The van der Waals surface area contributed by atoms with Crippen LogP contribution in [-0.4, -0.2) is 39.4 Å². The van der Waals surface area contributed by atoms with Crippen molar-refractivity contribution in [1.29, 1.82) is 0 Å². The van der Waals surface area contributed by atoms with Gasteiger partial charge in [0.2, 0.25) is 5.91 Å². The first-order chi connectivity index (χ1) is 15.0. The van der Waals surface area contributed by atoms with Crippen LogP contribution >= 0.6 is 23.4 Å². The molecule has 1 amide bonds. The molecule has 1 aromatic carbocycles. The van der Waals surface area contributed by atoms with Crippen LogP contribution in [0.1, 0.15) is 57.8 Å². The number of nitrogens with zero attached hydrogens (tertiary/aromatic N) is 2. The van der Waals surface area contributed by atoms with E-state index in [-0.39, 0.29) is 23.2 Å². The summed E-state index contributed by atoms with van der Waals surface area (Å²) >= 11 is 7.80. The minimum absolute atomic E-state index is 0.132. The number of amides is 1. The van der Waals surface area contributed by atoms with Gasteiger partial charge in [0.05, 0.1) is 11.2 Å². The Hall–Kier alpha value is -1.27. The molecule has 1 atom stereocenters. The number of aliphatic imine (C=N–C) groups is 1. The minimum atomic E-state index is -0.457. The lowest BCUT2D eigenvalue weighted by atomic mass is 9.53. The van der Waals surface area contributed by atoms with Gasteiger partial charge in [0.1, 0.15) is 5.82 Å². The standard InChI is InChI=1S/C24H29ClFN3OS/c25-17-1-4-20(26)21(8-17)27-22(30)9-19-13-31-23(29(19)18-2-3-18)28-24-10-14-5-15(11-24)7-16(6-14)12-24/h1,4,8,14-16,18-19H,2-3,5-7,9-13H2,(H,27,30). The number of thioether (sulfide) groups is 1. The third kappa shape index (κ3) is 3.99. The van der Waals surface area contributed by atoms with Crippen molar-refractivity contribution >= 4 is 40.1 Å². The third-order valence-corrected chi connectivity index (χ3v) is 9.27. The molecule has 0 aromatic heterocycles. The van der Waals surface area contributed by atoms with E-state index < -0.39 is 5.82 Å². The van der Waals surface area contributed by atoms with Gasteiger partial charge >= 0.3 is 0 Å². The van der Waals surface area contributed by atoms with E-state index in [2.05, 4.69) is 10.2 Å². The van der Waals surface area contributed by atoms with Crippen molar-refractivity contribution in [1.82, 2.24) is 4.90 Å². The number of benzene rings is 1. The molecule has 1 heterocycles. The molecule has 5 saturated carbocycles. The highest BCUT2D eigenvalue weighted by molar-refractivity contribution is 8.14. The lowest BCUT2D eigenvalue weighted by molar-refractivity contribution is -0.117.